The molecule has 2 atom stereocenters. The van der Waals surface area contributed by atoms with Crippen molar-refractivity contribution in [3.05, 3.63) is 35.9 Å². The number of rotatable bonds is 6. The molecule has 1 spiro atoms. The molecule has 10 nitrogen and oxygen atoms in total. The van der Waals surface area contributed by atoms with E-state index >= 15 is 0 Å². The number of hydrogen-bond acceptors (Lipinski definition) is 8. The molecule has 2 aliphatic rings. The van der Waals surface area contributed by atoms with E-state index in [-0.39, 0.29) is 38.5 Å². The molecule has 2 heterocycles. The van der Waals surface area contributed by atoms with E-state index in [1.807, 2.05) is 44.2 Å². The fourth-order valence-corrected chi connectivity index (χ4v) is 3.89. The number of hydroxylamine groups is 2. The molecule has 2 unspecified atom stereocenters. The number of amides is 2. The molecule has 0 aliphatic carbocycles. The van der Waals surface area contributed by atoms with E-state index in [4.69, 9.17) is 19.0 Å². The number of ether oxygens (including phenoxy) is 3. The summed E-state index contributed by atoms with van der Waals surface area (Å²) in [6, 6.07) is 8.17. The molecule has 0 N–H and O–H groups in total. The topological polar surface area (TPSA) is 112 Å². The van der Waals surface area contributed by atoms with E-state index < -0.39 is 41.3 Å². The molecule has 2 fully saturated rings. The van der Waals surface area contributed by atoms with Crippen LogP contribution in [-0.2, 0) is 35.2 Å². The summed E-state index contributed by atoms with van der Waals surface area (Å²) in [6.07, 6.45) is -1.64. The SMILES string of the molecule is CC(C)COC(=O)OC(=O)C1CCC2(CN(OCc3ccccc3)C2=O)N1C(=O)OC(C)(C)C. The number of likely N-dealkylation sites (tertiary alicyclic amines) is 1. The van der Waals surface area contributed by atoms with Gasteiger partial charge in [-0.05, 0) is 45.1 Å². The molecule has 0 aromatic heterocycles. The van der Waals surface area contributed by atoms with Gasteiger partial charge >= 0.3 is 18.2 Å². The van der Waals surface area contributed by atoms with Gasteiger partial charge in [0.1, 0.15) is 23.8 Å². The lowest BCUT2D eigenvalue weighted by molar-refractivity contribution is -0.241. The molecular weight excluding hydrogens is 444 g/mol. The van der Waals surface area contributed by atoms with Crippen molar-refractivity contribution in [3.8, 4) is 0 Å². The number of nitrogens with zero attached hydrogens (tertiary/aromatic N) is 2. The van der Waals surface area contributed by atoms with Gasteiger partial charge in [0, 0.05) is 0 Å². The number of esters is 1. The Morgan fingerprint density at radius 2 is 1.82 bits per heavy atom. The van der Waals surface area contributed by atoms with E-state index in [0.717, 1.165) is 10.5 Å². The minimum atomic E-state index is -1.30. The lowest BCUT2D eigenvalue weighted by Crippen LogP contribution is -2.74. The average Bonchev–Trinajstić information content (AvgIpc) is 3.17. The van der Waals surface area contributed by atoms with Crippen LogP contribution in [0.15, 0.2) is 30.3 Å². The Bertz CT molecular complexity index is 927. The van der Waals surface area contributed by atoms with E-state index in [2.05, 4.69) is 0 Å². The summed E-state index contributed by atoms with van der Waals surface area (Å²) >= 11 is 0. The zero-order valence-electron chi connectivity index (χ0n) is 20.2. The normalized spacial score (nSPS) is 22.1. The molecule has 1 aromatic carbocycles. The minimum absolute atomic E-state index is 0.0603. The monoisotopic (exact) mass is 476 g/mol. The Labute approximate surface area is 199 Å². The fraction of sp³-hybridized carbons (Fsp3) is 0.583. The Kier molecular flexibility index (Phi) is 7.50. The highest BCUT2D eigenvalue weighted by Gasteiger charge is 2.66. The number of hydrogen-bond donors (Lipinski definition) is 0. The smallest absolute Gasteiger partial charge is 0.444 e. The number of β-lactam (4-membered cyclic amide) rings is 1. The first-order valence-corrected chi connectivity index (χ1v) is 11.3. The van der Waals surface area contributed by atoms with Gasteiger partial charge in [-0.1, -0.05) is 44.2 Å². The third-order valence-corrected chi connectivity index (χ3v) is 5.44. The predicted octanol–water partition coefficient (Wildman–Crippen LogP) is 3.43. The van der Waals surface area contributed by atoms with Gasteiger partial charge in [0.15, 0.2) is 0 Å². The summed E-state index contributed by atoms with van der Waals surface area (Å²) in [6.45, 7) is 9.07. The third-order valence-electron chi connectivity index (χ3n) is 5.44. The Morgan fingerprint density at radius 1 is 1.15 bits per heavy atom. The average molecular weight is 477 g/mol. The van der Waals surface area contributed by atoms with Gasteiger partial charge in [-0.3, -0.25) is 14.5 Å². The zero-order chi connectivity index (χ0) is 25.1. The number of benzene rings is 1. The maximum Gasteiger partial charge on any atom is 0.516 e. The van der Waals surface area contributed by atoms with Crippen molar-refractivity contribution in [1.82, 2.24) is 9.96 Å². The highest BCUT2D eigenvalue weighted by molar-refractivity contribution is 5.98. The van der Waals surface area contributed by atoms with Crippen molar-refractivity contribution in [2.24, 2.45) is 5.92 Å². The van der Waals surface area contributed by atoms with Gasteiger partial charge in [0.05, 0.1) is 13.2 Å². The van der Waals surface area contributed by atoms with Crippen molar-refractivity contribution < 1.29 is 38.2 Å². The van der Waals surface area contributed by atoms with Crippen LogP contribution in [0.1, 0.15) is 53.0 Å². The second kappa shape index (κ2) is 10.0. The van der Waals surface area contributed by atoms with Crippen LogP contribution >= 0.6 is 0 Å². The highest BCUT2D eigenvalue weighted by atomic mass is 16.7. The van der Waals surface area contributed by atoms with Crippen LogP contribution in [0.4, 0.5) is 9.59 Å². The first-order valence-electron chi connectivity index (χ1n) is 11.3. The predicted molar refractivity (Wildman–Crippen MR) is 119 cm³/mol. The molecule has 10 heteroatoms. The lowest BCUT2D eigenvalue weighted by atomic mass is 9.88. The molecule has 34 heavy (non-hydrogen) atoms. The van der Waals surface area contributed by atoms with E-state index in [0.29, 0.717) is 0 Å². The number of carbonyl (C=O) groups excluding carboxylic acids is 4. The quantitative estimate of drug-likeness (QED) is 0.349. The summed E-state index contributed by atoms with van der Waals surface area (Å²) < 4.78 is 15.2. The molecule has 2 aliphatic heterocycles. The first kappa shape index (κ1) is 25.5. The zero-order valence-corrected chi connectivity index (χ0v) is 20.2. The van der Waals surface area contributed by atoms with Crippen LogP contribution in [0.5, 0.6) is 0 Å². The van der Waals surface area contributed by atoms with Crippen molar-refractivity contribution in [1.29, 1.82) is 0 Å². The van der Waals surface area contributed by atoms with E-state index in [1.54, 1.807) is 20.8 Å². The maximum atomic E-state index is 13.2. The molecule has 2 amide bonds. The first-order chi connectivity index (χ1) is 15.9. The summed E-state index contributed by atoms with van der Waals surface area (Å²) in [7, 11) is 0. The van der Waals surface area contributed by atoms with Crippen molar-refractivity contribution in [2.45, 2.75) is 71.2 Å². The molecule has 0 radical (unpaired) electrons. The summed E-state index contributed by atoms with van der Waals surface area (Å²) in [5.41, 5.74) is -1.28. The Hall–Kier alpha value is -3.14. The van der Waals surface area contributed by atoms with Gasteiger partial charge in [0.25, 0.3) is 5.91 Å². The Morgan fingerprint density at radius 3 is 2.41 bits per heavy atom. The van der Waals surface area contributed by atoms with Crippen molar-refractivity contribution in [3.63, 3.8) is 0 Å². The molecule has 2 saturated heterocycles. The second-order valence-corrected chi connectivity index (χ2v) is 9.91. The molecule has 1 aromatic rings. The van der Waals surface area contributed by atoms with Crippen LogP contribution in [0.3, 0.4) is 0 Å². The van der Waals surface area contributed by atoms with Gasteiger partial charge < -0.3 is 14.2 Å². The van der Waals surface area contributed by atoms with Gasteiger partial charge in [-0.25, -0.2) is 19.4 Å². The minimum Gasteiger partial charge on any atom is -0.444 e. The van der Waals surface area contributed by atoms with E-state index in [1.165, 1.54) is 5.06 Å². The van der Waals surface area contributed by atoms with Crippen molar-refractivity contribution >= 4 is 24.1 Å². The second-order valence-electron chi connectivity index (χ2n) is 9.91. The standard InChI is InChI=1S/C24H32N2O8/c1-16(2)13-31-22(30)33-19(27)18-11-12-24(26(18)21(29)34-23(3,4)5)15-25(20(24)28)32-14-17-9-7-6-8-10-17/h6-10,16,18H,11-15H2,1-5H3. The summed E-state index contributed by atoms with van der Waals surface area (Å²) in [5.74, 6) is -1.36. The maximum absolute atomic E-state index is 13.2. The number of carbonyl (C=O) groups is 4. The summed E-state index contributed by atoms with van der Waals surface area (Å²) in [4.78, 5) is 57.7. The van der Waals surface area contributed by atoms with Crippen LogP contribution < -0.4 is 0 Å². The molecule has 3 rings (SSSR count). The largest absolute Gasteiger partial charge is 0.516 e. The third kappa shape index (κ3) is 5.67. The highest BCUT2D eigenvalue weighted by Crippen LogP contribution is 2.43. The van der Waals surface area contributed by atoms with Crippen LogP contribution in [-0.4, -0.2) is 64.4 Å². The van der Waals surface area contributed by atoms with Crippen LogP contribution in [0, 0.1) is 5.92 Å². The van der Waals surface area contributed by atoms with Gasteiger partial charge in [-0.15, -0.1) is 0 Å². The van der Waals surface area contributed by atoms with Gasteiger partial charge in [-0.2, -0.15) is 0 Å². The summed E-state index contributed by atoms with van der Waals surface area (Å²) in [5, 5.41) is 1.18. The van der Waals surface area contributed by atoms with E-state index in [9.17, 15) is 19.2 Å². The Balaban J connectivity index is 1.72. The van der Waals surface area contributed by atoms with Crippen LogP contribution in [0.25, 0.3) is 0 Å². The lowest BCUT2D eigenvalue weighted by Gasteiger charge is -2.50. The molecular formula is C24H32N2O8. The van der Waals surface area contributed by atoms with Crippen LogP contribution in [0.2, 0.25) is 0 Å². The molecule has 186 valence electrons. The molecule has 0 saturated carbocycles. The van der Waals surface area contributed by atoms with Crippen molar-refractivity contribution in [2.75, 3.05) is 13.2 Å². The van der Waals surface area contributed by atoms with Gasteiger partial charge in [0.2, 0.25) is 0 Å². The fourth-order valence-electron chi connectivity index (χ4n) is 3.89. The molecule has 0 bridgehead atoms.